The van der Waals surface area contributed by atoms with Crippen LogP contribution in [-0.2, 0) is 16.1 Å². The van der Waals surface area contributed by atoms with E-state index in [1.807, 2.05) is 24.3 Å². The van der Waals surface area contributed by atoms with Gasteiger partial charge in [-0.25, -0.2) is 0 Å². The smallest absolute Gasteiger partial charge is 0.170 e. The van der Waals surface area contributed by atoms with E-state index in [0.29, 0.717) is 10.6 Å². The van der Waals surface area contributed by atoms with Crippen LogP contribution in [0.5, 0.6) is 0 Å². The topological polar surface area (TPSA) is 58.9 Å². The minimum Gasteiger partial charge on any atom is -0.511 e. The molecule has 2 bridgehead atoms. The molecule has 160 valence electrons. The Bertz CT molecular complexity index is 1100. The maximum absolute atomic E-state index is 13.7. The number of aliphatic hydroxyl groups excluding tert-OH is 1. The van der Waals surface area contributed by atoms with E-state index in [-0.39, 0.29) is 35.2 Å². The molecule has 3 fully saturated rings. The summed E-state index contributed by atoms with van der Waals surface area (Å²) >= 11 is 6.05. The monoisotopic (exact) mass is 435 g/mol. The number of hydrogen-bond acceptors (Lipinski definition) is 4. The van der Waals surface area contributed by atoms with Crippen LogP contribution in [-0.4, -0.2) is 23.7 Å². The maximum atomic E-state index is 13.7. The van der Waals surface area contributed by atoms with Gasteiger partial charge >= 0.3 is 0 Å². The van der Waals surface area contributed by atoms with Crippen molar-refractivity contribution in [3.05, 3.63) is 64.4 Å². The van der Waals surface area contributed by atoms with E-state index < -0.39 is 0 Å². The fourth-order valence-corrected chi connectivity index (χ4v) is 6.07. The fourth-order valence-electron chi connectivity index (χ4n) is 5.95. The van der Waals surface area contributed by atoms with Crippen LogP contribution in [0, 0.1) is 23.7 Å². The minimum atomic E-state index is -0.173. The lowest BCUT2D eigenvalue weighted by Crippen LogP contribution is -2.46. The third-order valence-electron chi connectivity index (χ3n) is 7.34. The Hall–Kier alpha value is -2.59. The van der Waals surface area contributed by atoms with E-state index in [4.69, 9.17) is 16.4 Å². The summed E-state index contributed by atoms with van der Waals surface area (Å²) in [7, 11) is 1.56. The molecule has 3 saturated carbocycles. The molecular formula is C26H26ClNO3. The first kappa shape index (κ1) is 20.3. The molecule has 4 aliphatic carbocycles. The molecule has 0 saturated heterocycles. The van der Waals surface area contributed by atoms with Gasteiger partial charge in [0.15, 0.2) is 5.78 Å². The SMILES string of the molecule is CCc1ccc(-c2ccc(Cl)cc2)cc1C1=C(O)[C@H]2[C@@H](C1=O)[C@@H]1CC[C@H]2C(=NOC)C1. The summed E-state index contributed by atoms with van der Waals surface area (Å²) in [5.41, 5.74) is 5.48. The first-order chi connectivity index (χ1) is 15.0. The minimum absolute atomic E-state index is 0.0842. The molecular weight excluding hydrogens is 410 g/mol. The molecule has 0 amide bonds. The number of carbonyl (C=O) groups excluding carboxylic acids is 1. The van der Waals surface area contributed by atoms with Crippen molar-refractivity contribution in [3.8, 4) is 11.1 Å². The van der Waals surface area contributed by atoms with Gasteiger partial charge in [-0.15, -0.1) is 0 Å². The molecule has 2 aromatic rings. The van der Waals surface area contributed by atoms with E-state index in [2.05, 4.69) is 30.3 Å². The molecule has 0 radical (unpaired) electrons. The normalized spacial score (nSPS) is 28.4. The number of aryl methyl sites for hydroxylation is 1. The van der Waals surface area contributed by atoms with Crippen LogP contribution in [0.3, 0.4) is 0 Å². The lowest BCUT2D eigenvalue weighted by Gasteiger charge is -2.45. The Balaban J connectivity index is 1.62. The van der Waals surface area contributed by atoms with E-state index >= 15 is 0 Å². The fraction of sp³-hybridized carbons (Fsp3) is 0.385. The standard InChI is InChI=1S/C26H26ClNO3/c1-3-14-4-5-16(15-6-9-18(27)10-7-15)12-20(14)24-25(29)22-17-8-11-19(23(22)26(24)30)21(13-17)28-31-2/h4-7,9-10,12,17,19,22-23,30H,3,8,11,13H2,1-2H3/t17-,19+,22+,23-/m1/s1. The van der Waals surface area contributed by atoms with Gasteiger partial charge in [0.1, 0.15) is 12.9 Å². The second-order valence-corrected chi connectivity index (χ2v) is 9.26. The van der Waals surface area contributed by atoms with E-state index in [0.717, 1.165) is 53.6 Å². The predicted octanol–water partition coefficient (Wildman–Crippen LogP) is 6.09. The summed E-state index contributed by atoms with van der Waals surface area (Å²) in [5.74, 6) is 0.329. The zero-order valence-corrected chi connectivity index (χ0v) is 18.5. The van der Waals surface area contributed by atoms with E-state index in [9.17, 15) is 9.90 Å². The van der Waals surface area contributed by atoms with Gasteiger partial charge in [-0.05, 0) is 72.1 Å². The number of fused-ring (bicyclic) bond motifs is 2. The number of nitrogens with zero attached hydrogens (tertiary/aromatic N) is 1. The first-order valence-electron chi connectivity index (χ1n) is 11.0. The van der Waals surface area contributed by atoms with Gasteiger partial charge < -0.3 is 9.94 Å². The van der Waals surface area contributed by atoms with Crippen molar-refractivity contribution >= 4 is 28.7 Å². The van der Waals surface area contributed by atoms with Crippen LogP contribution in [0.25, 0.3) is 16.7 Å². The largest absolute Gasteiger partial charge is 0.511 e. The first-order valence-corrected chi connectivity index (χ1v) is 11.4. The van der Waals surface area contributed by atoms with Crippen LogP contribution >= 0.6 is 11.6 Å². The summed E-state index contributed by atoms with van der Waals surface area (Å²) in [6.45, 7) is 2.08. The van der Waals surface area contributed by atoms with Crippen molar-refractivity contribution < 1.29 is 14.7 Å². The number of carbonyl (C=O) groups is 1. The Morgan fingerprint density at radius 2 is 1.84 bits per heavy atom. The highest BCUT2D eigenvalue weighted by atomic mass is 35.5. The molecule has 0 unspecified atom stereocenters. The van der Waals surface area contributed by atoms with Gasteiger partial charge in [-0.3, -0.25) is 4.79 Å². The van der Waals surface area contributed by atoms with Crippen LogP contribution in [0.1, 0.15) is 37.3 Å². The van der Waals surface area contributed by atoms with Crippen LogP contribution < -0.4 is 0 Å². The lowest BCUT2D eigenvalue weighted by molar-refractivity contribution is -0.121. The summed E-state index contributed by atoms with van der Waals surface area (Å²) in [4.78, 5) is 18.7. The second kappa shape index (κ2) is 7.83. The van der Waals surface area contributed by atoms with Crippen LogP contribution in [0.4, 0.5) is 0 Å². The summed E-state index contributed by atoms with van der Waals surface area (Å²) < 4.78 is 0. The van der Waals surface area contributed by atoms with E-state index in [1.165, 1.54) is 0 Å². The summed E-state index contributed by atoms with van der Waals surface area (Å²) in [5, 5.41) is 16.3. The van der Waals surface area contributed by atoms with E-state index in [1.54, 1.807) is 7.11 Å². The molecule has 1 N–H and O–H groups in total. The molecule has 0 heterocycles. The zero-order chi connectivity index (χ0) is 21.7. The predicted molar refractivity (Wildman–Crippen MR) is 123 cm³/mol. The van der Waals surface area contributed by atoms with Gasteiger partial charge in [0.05, 0.1) is 11.3 Å². The molecule has 4 nitrogen and oxygen atoms in total. The highest BCUT2D eigenvalue weighted by molar-refractivity contribution is 6.30. The number of Topliss-reactive ketones (excluding diaryl/α,β-unsaturated/α-hetero) is 1. The number of benzene rings is 2. The molecule has 6 rings (SSSR count). The van der Waals surface area contributed by atoms with Crippen molar-refractivity contribution in [3.63, 3.8) is 0 Å². The molecule has 0 aromatic heterocycles. The van der Waals surface area contributed by atoms with Crippen LogP contribution in [0.15, 0.2) is 53.4 Å². The molecule has 0 spiro atoms. The Labute approximate surface area is 187 Å². The number of ketones is 1. The molecule has 0 aliphatic heterocycles. The highest BCUT2D eigenvalue weighted by Crippen LogP contribution is 2.56. The maximum Gasteiger partial charge on any atom is 0.170 e. The molecule has 5 heteroatoms. The number of allylic oxidation sites excluding steroid dienone is 2. The Morgan fingerprint density at radius 1 is 1.10 bits per heavy atom. The van der Waals surface area contributed by atoms with Gasteiger partial charge in [-0.1, -0.05) is 47.9 Å². The molecule has 31 heavy (non-hydrogen) atoms. The van der Waals surface area contributed by atoms with Crippen molar-refractivity contribution in [1.29, 1.82) is 0 Å². The zero-order valence-electron chi connectivity index (χ0n) is 17.8. The third-order valence-corrected chi connectivity index (χ3v) is 7.60. The quantitative estimate of drug-likeness (QED) is 0.591. The molecule has 2 aromatic carbocycles. The highest BCUT2D eigenvalue weighted by Gasteiger charge is 2.57. The van der Waals surface area contributed by atoms with Crippen molar-refractivity contribution in [2.24, 2.45) is 28.8 Å². The number of halogens is 1. The summed E-state index contributed by atoms with van der Waals surface area (Å²) in [6.07, 6.45) is 3.53. The third kappa shape index (κ3) is 3.20. The van der Waals surface area contributed by atoms with Crippen molar-refractivity contribution in [1.82, 2.24) is 0 Å². The lowest BCUT2D eigenvalue weighted by atomic mass is 9.58. The van der Waals surface area contributed by atoms with Gasteiger partial charge in [-0.2, -0.15) is 0 Å². The average Bonchev–Trinajstić information content (AvgIpc) is 3.06. The number of rotatable bonds is 4. The Kier molecular flexibility index (Phi) is 5.13. The molecule has 4 atom stereocenters. The van der Waals surface area contributed by atoms with Gasteiger partial charge in [0.25, 0.3) is 0 Å². The number of hydrogen-bond donors (Lipinski definition) is 1. The van der Waals surface area contributed by atoms with Gasteiger partial charge in [0, 0.05) is 22.8 Å². The van der Waals surface area contributed by atoms with Gasteiger partial charge in [0.2, 0.25) is 0 Å². The van der Waals surface area contributed by atoms with Crippen molar-refractivity contribution in [2.45, 2.75) is 32.6 Å². The second-order valence-electron chi connectivity index (χ2n) is 8.82. The Morgan fingerprint density at radius 3 is 2.55 bits per heavy atom. The summed E-state index contributed by atoms with van der Waals surface area (Å²) in [6, 6.07) is 13.9. The van der Waals surface area contributed by atoms with Crippen molar-refractivity contribution in [2.75, 3.05) is 7.11 Å². The number of aliphatic hydroxyl groups is 1. The molecule has 4 aliphatic rings. The number of oxime groups is 1. The average molecular weight is 436 g/mol. The van der Waals surface area contributed by atoms with Crippen LogP contribution in [0.2, 0.25) is 5.02 Å².